The van der Waals surface area contributed by atoms with Gasteiger partial charge in [0, 0.05) is 37.4 Å². The third-order valence-electron chi connectivity index (χ3n) is 4.19. The van der Waals surface area contributed by atoms with Crippen LogP contribution < -0.4 is 10.9 Å². The van der Waals surface area contributed by atoms with Crippen LogP contribution in [0.2, 0.25) is 0 Å². The largest absolute Gasteiger partial charge is 0.310 e. The second kappa shape index (κ2) is 5.95. The van der Waals surface area contributed by atoms with Crippen molar-refractivity contribution in [3.63, 3.8) is 0 Å². The second-order valence-corrected chi connectivity index (χ2v) is 5.89. The number of hydrogen-bond acceptors (Lipinski definition) is 4. The van der Waals surface area contributed by atoms with Crippen LogP contribution in [-0.4, -0.2) is 40.0 Å². The van der Waals surface area contributed by atoms with Crippen molar-refractivity contribution < 1.29 is 0 Å². The molecular formula is C16H22N4O. The molecule has 2 aromatic heterocycles. The monoisotopic (exact) mass is 286 g/mol. The van der Waals surface area contributed by atoms with Gasteiger partial charge in [0.05, 0.1) is 5.69 Å². The topological polar surface area (TPSA) is 49.6 Å². The highest BCUT2D eigenvalue weighted by Gasteiger charge is 2.28. The Morgan fingerprint density at radius 1 is 1.48 bits per heavy atom. The molecule has 0 aliphatic heterocycles. The highest BCUT2D eigenvalue weighted by atomic mass is 16.1. The molecule has 0 spiro atoms. The van der Waals surface area contributed by atoms with Gasteiger partial charge in [0.15, 0.2) is 0 Å². The van der Waals surface area contributed by atoms with E-state index in [-0.39, 0.29) is 5.56 Å². The van der Waals surface area contributed by atoms with E-state index in [0.717, 1.165) is 18.3 Å². The molecule has 2 aromatic rings. The van der Waals surface area contributed by atoms with E-state index in [1.165, 1.54) is 12.8 Å². The van der Waals surface area contributed by atoms with Crippen LogP contribution >= 0.6 is 0 Å². The summed E-state index contributed by atoms with van der Waals surface area (Å²) in [5.74, 6) is 0. The highest BCUT2D eigenvalue weighted by molar-refractivity contribution is 5.37. The van der Waals surface area contributed by atoms with E-state index in [4.69, 9.17) is 0 Å². The molecule has 1 N–H and O–H groups in total. The Bertz CT molecular complexity index is 677. The standard InChI is InChI=1S/C16H22N4O/c1-12(19(2)14-6-7-14)10-17-11-13-9-16(21)20-8-4-3-5-15(20)18-13/h3-5,8-9,12,14,17H,6-7,10-11H2,1-2H3. The van der Waals surface area contributed by atoms with Crippen LogP contribution in [0.4, 0.5) is 0 Å². The molecule has 5 heteroatoms. The average molecular weight is 286 g/mol. The van der Waals surface area contributed by atoms with Crippen LogP contribution in [0.1, 0.15) is 25.5 Å². The van der Waals surface area contributed by atoms with Crippen molar-refractivity contribution in [2.45, 2.75) is 38.4 Å². The molecule has 2 heterocycles. The normalized spacial score (nSPS) is 16.5. The number of rotatable bonds is 6. The molecular weight excluding hydrogens is 264 g/mol. The fourth-order valence-corrected chi connectivity index (χ4v) is 2.59. The van der Waals surface area contributed by atoms with E-state index in [1.807, 2.05) is 18.2 Å². The molecule has 0 amide bonds. The molecule has 112 valence electrons. The van der Waals surface area contributed by atoms with Crippen LogP contribution in [0.15, 0.2) is 35.3 Å². The maximum absolute atomic E-state index is 12.0. The Morgan fingerprint density at radius 2 is 2.29 bits per heavy atom. The highest BCUT2D eigenvalue weighted by Crippen LogP contribution is 2.26. The molecule has 5 nitrogen and oxygen atoms in total. The summed E-state index contributed by atoms with van der Waals surface area (Å²) in [4.78, 5) is 18.9. The zero-order valence-electron chi connectivity index (χ0n) is 12.6. The smallest absolute Gasteiger partial charge is 0.258 e. The molecule has 1 atom stereocenters. The molecule has 1 fully saturated rings. The van der Waals surface area contributed by atoms with E-state index in [9.17, 15) is 4.79 Å². The second-order valence-electron chi connectivity index (χ2n) is 5.89. The van der Waals surface area contributed by atoms with Gasteiger partial charge < -0.3 is 5.32 Å². The van der Waals surface area contributed by atoms with Gasteiger partial charge in [-0.15, -0.1) is 0 Å². The molecule has 21 heavy (non-hydrogen) atoms. The molecule has 0 bridgehead atoms. The lowest BCUT2D eigenvalue weighted by atomic mass is 10.3. The zero-order valence-corrected chi connectivity index (χ0v) is 12.6. The van der Waals surface area contributed by atoms with Crippen LogP contribution in [0.3, 0.4) is 0 Å². The summed E-state index contributed by atoms with van der Waals surface area (Å²) in [5.41, 5.74) is 1.47. The minimum absolute atomic E-state index is 0.0273. The molecule has 0 saturated heterocycles. The molecule has 1 aliphatic rings. The first-order valence-electron chi connectivity index (χ1n) is 7.55. The number of nitrogens with one attached hydrogen (secondary N) is 1. The van der Waals surface area contributed by atoms with Gasteiger partial charge in [0.1, 0.15) is 5.65 Å². The molecule has 0 radical (unpaired) electrons. The summed E-state index contributed by atoms with van der Waals surface area (Å²) in [5, 5.41) is 3.40. The van der Waals surface area contributed by atoms with Crippen LogP contribution in [0.5, 0.6) is 0 Å². The molecule has 3 rings (SSSR count). The van der Waals surface area contributed by atoms with E-state index in [2.05, 4.69) is 29.2 Å². The van der Waals surface area contributed by atoms with Gasteiger partial charge in [0.25, 0.3) is 5.56 Å². The predicted octanol–water partition coefficient (Wildman–Crippen LogP) is 1.27. The lowest BCUT2D eigenvalue weighted by Gasteiger charge is -2.24. The first kappa shape index (κ1) is 14.2. The summed E-state index contributed by atoms with van der Waals surface area (Å²) in [6, 6.07) is 8.46. The number of hydrogen-bond donors (Lipinski definition) is 1. The van der Waals surface area contributed by atoms with Crippen molar-refractivity contribution in [1.82, 2.24) is 19.6 Å². The zero-order chi connectivity index (χ0) is 14.8. The molecule has 1 unspecified atom stereocenters. The third-order valence-corrected chi connectivity index (χ3v) is 4.19. The average Bonchev–Trinajstić information content (AvgIpc) is 3.31. The van der Waals surface area contributed by atoms with Crippen molar-refractivity contribution >= 4 is 5.65 Å². The molecule has 1 aliphatic carbocycles. The van der Waals surface area contributed by atoms with Gasteiger partial charge in [-0.25, -0.2) is 4.98 Å². The van der Waals surface area contributed by atoms with Crippen molar-refractivity contribution in [2.75, 3.05) is 13.6 Å². The van der Waals surface area contributed by atoms with Crippen molar-refractivity contribution in [1.29, 1.82) is 0 Å². The van der Waals surface area contributed by atoms with Gasteiger partial charge in [0.2, 0.25) is 0 Å². The maximum Gasteiger partial charge on any atom is 0.258 e. The Hall–Kier alpha value is -1.72. The van der Waals surface area contributed by atoms with Crippen LogP contribution in [-0.2, 0) is 6.54 Å². The van der Waals surface area contributed by atoms with E-state index in [0.29, 0.717) is 18.2 Å². The van der Waals surface area contributed by atoms with Gasteiger partial charge in [-0.05, 0) is 38.9 Å². The minimum Gasteiger partial charge on any atom is -0.310 e. The van der Waals surface area contributed by atoms with E-state index < -0.39 is 0 Å². The third kappa shape index (κ3) is 3.31. The van der Waals surface area contributed by atoms with Gasteiger partial charge in [-0.2, -0.15) is 0 Å². The first-order chi connectivity index (χ1) is 10.1. The van der Waals surface area contributed by atoms with Crippen LogP contribution in [0, 0.1) is 0 Å². The first-order valence-corrected chi connectivity index (χ1v) is 7.55. The predicted molar refractivity (Wildman–Crippen MR) is 83.4 cm³/mol. The Kier molecular flexibility index (Phi) is 4.03. The van der Waals surface area contributed by atoms with Crippen LogP contribution in [0.25, 0.3) is 5.65 Å². The molecule has 0 aromatic carbocycles. The number of fused-ring (bicyclic) bond motifs is 1. The number of nitrogens with zero attached hydrogens (tertiary/aromatic N) is 3. The van der Waals surface area contributed by atoms with E-state index in [1.54, 1.807) is 16.7 Å². The van der Waals surface area contributed by atoms with Crippen molar-refractivity contribution in [3.05, 3.63) is 46.5 Å². The summed E-state index contributed by atoms with van der Waals surface area (Å²) in [6.45, 7) is 3.76. The number of aromatic nitrogens is 2. The maximum atomic E-state index is 12.0. The molecule has 1 saturated carbocycles. The number of likely N-dealkylation sites (N-methyl/N-ethyl adjacent to an activating group) is 1. The summed E-state index contributed by atoms with van der Waals surface area (Å²) < 4.78 is 1.56. The van der Waals surface area contributed by atoms with Crippen molar-refractivity contribution in [3.8, 4) is 0 Å². The Labute approximate surface area is 124 Å². The van der Waals surface area contributed by atoms with Gasteiger partial charge in [-0.3, -0.25) is 14.1 Å². The fraction of sp³-hybridized carbons (Fsp3) is 0.500. The van der Waals surface area contributed by atoms with E-state index >= 15 is 0 Å². The number of pyridine rings is 1. The van der Waals surface area contributed by atoms with Gasteiger partial charge >= 0.3 is 0 Å². The summed E-state index contributed by atoms with van der Waals surface area (Å²) in [7, 11) is 2.19. The fourth-order valence-electron chi connectivity index (χ4n) is 2.59. The summed E-state index contributed by atoms with van der Waals surface area (Å²) >= 11 is 0. The lowest BCUT2D eigenvalue weighted by Crippen LogP contribution is -2.39. The Balaban J connectivity index is 1.61. The lowest BCUT2D eigenvalue weighted by molar-refractivity contribution is 0.241. The van der Waals surface area contributed by atoms with Gasteiger partial charge in [-0.1, -0.05) is 6.07 Å². The summed E-state index contributed by atoms with van der Waals surface area (Å²) in [6.07, 6.45) is 4.39. The SMILES string of the molecule is CC(CNCc1cc(=O)n2ccccc2n1)N(C)C1CC1. The van der Waals surface area contributed by atoms with Crippen molar-refractivity contribution in [2.24, 2.45) is 0 Å². The minimum atomic E-state index is -0.0273. The quantitative estimate of drug-likeness (QED) is 0.869. The Morgan fingerprint density at radius 3 is 3.05 bits per heavy atom.